The number of fused-ring (bicyclic) bond motifs is 11. The van der Waals surface area contributed by atoms with Crippen LogP contribution in [0.5, 0.6) is 0 Å². The van der Waals surface area contributed by atoms with Crippen LogP contribution in [0, 0.1) is 0 Å². The summed E-state index contributed by atoms with van der Waals surface area (Å²) < 4.78 is 4.93. The maximum atomic E-state index is 5.15. The molecule has 0 saturated carbocycles. The molecule has 0 aliphatic carbocycles. The fraction of sp³-hybridized carbons (Fsp3) is 0. The van der Waals surface area contributed by atoms with E-state index in [4.69, 9.17) is 15.0 Å². The Balaban J connectivity index is 1.05. The second-order valence-electron chi connectivity index (χ2n) is 15.9. The van der Waals surface area contributed by atoms with Gasteiger partial charge in [-0.25, -0.2) is 15.0 Å². The van der Waals surface area contributed by atoms with E-state index in [0.29, 0.717) is 17.5 Å². The van der Waals surface area contributed by atoms with Crippen LogP contribution >= 0.6 is 11.3 Å². The number of rotatable bonds is 5. The Labute approximate surface area is 360 Å². The van der Waals surface area contributed by atoms with Crippen LogP contribution in [-0.4, -0.2) is 19.5 Å². The van der Waals surface area contributed by atoms with E-state index in [1.54, 1.807) is 0 Å². The highest BCUT2D eigenvalue weighted by molar-refractivity contribution is 7.26. The van der Waals surface area contributed by atoms with Gasteiger partial charge < -0.3 is 4.57 Å². The summed E-state index contributed by atoms with van der Waals surface area (Å²) in [6.45, 7) is 0. The molecule has 0 unspecified atom stereocenters. The van der Waals surface area contributed by atoms with Gasteiger partial charge in [0.15, 0.2) is 17.5 Å². The molecule has 0 atom stereocenters. The van der Waals surface area contributed by atoms with Crippen LogP contribution in [0.15, 0.2) is 206 Å². The van der Waals surface area contributed by atoms with Crippen LogP contribution < -0.4 is 0 Å². The van der Waals surface area contributed by atoms with Crippen molar-refractivity contribution < 1.29 is 0 Å². The lowest BCUT2D eigenvalue weighted by Crippen LogP contribution is -2.00. The molecule has 3 heterocycles. The molecule has 0 amide bonds. The lowest BCUT2D eigenvalue weighted by molar-refractivity contribution is 1.08. The molecule has 0 radical (unpaired) electrons. The van der Waals surface area contributed by atoms with Gasteiger partial charge in [0, 0.05) is 42.9 Å². The molecule has 0 N–H and O–H groups in total. The topological polar surface area (TPSA) is 43.6 Å². The molecule has 0 aliphatic heterocycles. The predicted octanol–water partition coefficient (Wildman–Crippen LogP) is 15.5. The van der Waals surface area contributed by atoms with Crippen LogP contribution in [0.2, 0.25) is 0 Å². The first-order chi connectivity index (χ1) is 30.7. The van der Waals surface area contributed by atoms with Crippen molar-refractivity contribution in [2.45, 2.75) is 0 Å². The zero-order valence-corrected chi connectivity index (χ0v) is 34.1. The van der Waals surface area contributed by atoms with Crippen LogP contribution in [0.25, 0.3) is 125 Å². The fourth-order valence-electron chi connectivity index (χ4n) is 9.53. The summed E-state index contributed by atoms with van der Waals surface area (Å²) in [4.78, 5) is 15.3. The van der Waals surface area contributed by atoms with E-state index in [-0.39, 0.29) is 0 Å². The predicted molar refractivity (Wildman–Crippen MR) is 261 cm³/mol. The summed E-state index contributed by atoms with van der Waals surface area (Å²) in [6, 6.07) is 74.0. The van der Waals surface area contributed by atoms with Crippen molar-refractivity contribution in [3.63, 3.8) is 0 Å². The second-order valence-corrected chi connectivity index (χ2v) is 17.0. The highest BCUT2D eigenvalue weighted by Crippen LogP contribution is 2.46. The zero-order valence-electron chi connectivity index (χ0n) is 33.3. The Hall–Kier alpha value is -7.99. The quantitative estimate of drug-likeness (QED) is 0.174. The monoisotopic (exact) mass is 806 g/mol. The molecule has 0 saturated heterocycles. The van der Waals surface area contributed by atoms with Crippen molar-refractivity contribution in [1.29, 1.82) is 0 Å². The van der Waals surface area contributed by atoms with E-state index in [1.165, 1.54) is 85.7 Å². The van der Waals surface area contributed by atoms with Crippen LogP contribution in [-0.2, 0) is 0 Å². The lowest BCUT2D eigenvalue weighted by Gasteiger charge is -2.13. The summed E-state index contributed by atoms with van der Waals surface area (Å²) >= 11 is 1.83. The number of benzene rings is 10. The van der Waals surface area contributed by atoms with Gasteiger partial charge in [-0.05, 0) is 73.8 Å². The normalized spacial score (nSPS) is 11.9. The van der Waals surface area contributed by atoms with Gasteiger partial charge in [-0.15, -0.1) is 11.3 Å². The second kappa shape index (κ2) is 13.8. The smallest absolute Gasteiger partial charge is 0.164 e. The van der Waals surface area contributed by atoms with Gasteiger partial charge >= 0.3 is 0 Å². The van der Waals surface area contributed by atoms with Crippen molar-refractivity contribution >= 4 is 85.6 Å². The Bertz CT molecular complexity index is 3920. The van der Waals surface area contributed by atoms with Crippen molar-refractivity contribution in [2.75, 3.05) is 0 Å². The molecule has 0 aliphatic rings. The summed E-state index contributed by atoms with van der Waals surface area (Å²) in [5, 5.41) is 12.3. The van der Waals surface area contributed by atoms with Gasteiger partial charge in [0.25, 0.3) is 0 Å². The number of hydrogen-bond donors (Lipinski definition) is 0. The van der Waals surface area contributed by atoms with E-state index >= 15 is 0 Å². The van der Waals surface area contributed by atoms with E-state index in [0.717, 1.165) is 22.1 Å². The first kappa shape index (κ1) is 34.8. The number of aromatic nitrogens is 4. The molecule has 288 valence electrons. The van der Waals surface area contributed by atoms with Gasteiger partial charge in [-0.3, -0.25) is 0 Å². The molecule has 10 aromatic carbocycles. The third kappa shape index (κ3) is 5.42. The van der Waals surface area contributed by atoms with E-state index < -0.39 is 0 Å². The minimum atomic E-state index is 0.649. The van der Waals surface area contributed by atoms with Crippen LogP contribution in [0.3, 0.4) is 0 Å². The minimum Gasteiger partial charge on any atom is -0.308 e. The van der Waals surface area contributed by atoms with Gasteiger partial charge in [-0.2, -0.15) is 0 Å². The van der Waals surface area contributed by atoms with Gasteiger partial charge in [0.1, 0.15) is 0 Å². The Kier molecular flexibility index (Phi) is 7.74. The van der Waals surface area contributed by atoms with Gasteiger partial charge in [0.05, 0.1) is 21.4 Å². The highest BCUT2D eigenvalue weighted by Gasteiger charge is 2.22. The van der Waals surface area contributed by atoms with E-state index in [9.17, 15) is 0 Å². The average Bonchev–Trinajstić information content (AvgIpc) is 3.90. The summed E-state index contributed by atoms with van der Waals surface area (Å²) in [7, 11) is 0. The SMILES string of the molecule is c1ccc(-c2nc(-c3ccc4ccccc4c3)nc(-c3ccc4c(c3)sc3c(-n5c6ccc7ccccc7c6c6c7ccccc7c(-c7ccccc7)cc65)cccc34)n2)cc1. The Morgan fingerprint density at radius 1 is 0.339 bits per heavy atom. The molecule has 4 nitrogen and oxygen atoms in total. The molecule has 13 aromatic rings. The minimum absolute atomic E-state index is 0.649. The number of nitrogens with zero attached hydrogens (tertiary/aromatic N) is 4. The first-order valence-electron chi connectivity index (χ1n) is 20.9. The summed E-state index contributed by atoms with van der Waals surface area (Å²) in [5.41, 5.74) is 8.85. The van der Waals surface area contributed by atoms with Gasteiger partial charge in [-0.1, -0.05) is 176 Å². The molecule has 0 bridgehead atoms. The third-order valence-corrected chi connectivity index (χ3v) is 13.6. The molecule has 3 aromatic heterocycles. The first-order valence-corrected chi connectivity index (χ1v) is 21.7. The fourth-order valence-corrected chi connectivity index (χ4v) is 10.8. The highest BCUT2D eigenvalue weighted by atomic mass is 32.1. The van der Waals surface area contributed by atoms with Crippen LogP contribution in [0.4, 0.5) is 0 Å². The average molecular weight is 807 g/mol. The Morgan fingerprint density at radius 2 is 0.919 bits per heavy atom. The maximum absolute atomic E-state index is 5.15. The number of hydrogen-bond acceptors (Lipinski definition) is 4. The molecule has 0 fully saturated rings. The van der Waals surface area contributed by atoms with Crippen molar-refractivity contribution in [1.82, 2.24) is 19.5 Å². The van der Waals surface area contributed by atoms with Gasteiger partial charge in [0.2, 0.25) is 0 Å². The lowest BCUT2D eigenvalue weighted by atomic mass is 9.94. The molecule has 5 heteroatoms. The van der Waals surface area contributed by atoms with Crippen LogP contribution in [0.1, 0.15) is 0 Å². The summed E-state index contributed by atoms with van der Waals surface area (Å²) in [5.74, 6) is 1.95. The maximum Gasteiger partial charge on any atom is 0.164 e. The molecule has 13 rings (SSSR count). The largest absolute Gasteiger partial charge is 0.308 e. The standard InChI is InChI=1S/C57H34N4S/c1-3-15-36(16-4-1)47-34-50-53(45-23-12-11-22-43(45)47)52-42-21-10-9-17-37(42)29-31-48(52)61(50)49-25-13-24-46-44-30-28-41(33-51(44)62-54(46)49)57-59-55(38-18-5-2-6-19-38)58-56(60-57)40-27-26-35-14-7-8-20-39(35)32-40/h1-34H. The van der Waals surface area contributed by atoms with E-state index in [1.807, 2.05) is 29.5 Å². The molecule has 62 heavy (non-hydrogen) atoms. The molecular weight excluding hydrogens is 773 g/mol. The summed E-state index contributed by atoms with van der Waals surface area (Å²) in [6.07, 6.45) is 0. The number of thiophene rings is 1. The van der Waals surface area contributed by atoms with E-state index in [2.05, 4.69) is 193 Å². The Morgan fingerprint density at radius 3 is 1.71 bits per heavy atom. The van der Waals surface area contributed by atoms with Crippen molar-refractivity contribution in [2.24, 2.45) is 0 Å². The zero-order chi connectivity index (χ0) is 40.7. The molecular formula is C57H34N4S. The van der Waals surface area contributed by atoms with Crippen molar-refractivity contribution in [3.8, 4) is 51.0 Å². The van der Waals surface area contributed by atoms with Crippen molar-refractivity contribution in [3.05, 3.63) is 206 Å². The third-order valence-electron chi connectivity index (χ3n) is 12.4. The molecule has 0 spiro atoms.